The molecule has 1 saturated heterocycles. The molecule has 2 heterocycles. The summed E-state index contributed by atoms with van der Waals surface area (Å²) in [4.78, 5) is 13.2. The molecule has 1 aliphatic rings. The Morgan fingerprint density at radius 3 is 2.80 bits per heavy atom. The maximum Gasteiger partial charge on any atom is 0.270 e. The lowest BCUT2D eigenvalue weighted by Crippen LogP contribution is -2.22. The number of hydrogen-bond acceptors (Lipinski definition) is 4. The molecule has 82 valence electrons. The summed E-state index contributed by atoms with van der Waals surface area (Å²) >= 11 is 0. The first-order chi connectivity index (χ1) is 7.18. The van der Waals surface area contributed by atoms with E-state index >= 15 is 0 Å². The summed E-state index contributed by atoms with van der Waals surface area (Å²) in [7, 11) is 0. The zero-order valence-electron chi connectivity index (χ0n) is 8.77. The fourth-order valence-electron chi connectivity index (χ4n) is 1.91. The quantitative estimate of drug-likeness (QED) is 0.803. The van der Waals surface area contributed by atoms with Gasteiger partial charge in [-0.3, -0.25) is 9.69 Å². The molecule has 0 aromatic carbocycles. The molecule has 0 bridgehead atoms. The normalized spacial score (nSPS) is 19.3. The summed E-state index contributed by atoms with van der Waals surface area (Å²) in [5.74, 6) is 0.171. The molecule has 5 nitrogen and oxygen atoms in total. The van der Waals surface area contributed by atoms with E-state index in [2.05, 4.69) is 17.0 Å². The summed E-state index contributed by atoms with van der Waals surface area (Å²) in [6.45, 7) is 4.21. The third kappa shape index (κ3) is 2.02. The van der Waals surface area contributed by atoms with E-state index in [0.29, 0.717) is 5.76 Å². The number of likely N-dealkylation sites (tertiary alicyclic amines) is 1. The van der Waals surface area contributed by atoms with E-state index in [-0.39, 0.29) is 11.7 Å². The molecule has 2 N–H and O–H groups in total. The van der Waals surface area contributed by atoms with E-state index in [1.807, 2.05) is 0 Å². The van der Waals surface area contributed by atoms with Crippen LogP contribution >= 0.6 is 0 Å². The first kappa shape index (κ1) is 10.2. The van der Waals surface area contributed by atoms with Gasteiger partial charge < -0.3 is 10.3 Å². The van der Waals surface area contributed by atoms with Crippen molar-refractivity contribution in [3.8, 4) is 0 Å². The SMILES string of the molecule is CC(c1cc(C(N)=O)no1)N1CCCC1. The van der Waals surface area contributed by atoms with Crippen molar-refractivity contribution in [3.05, 3.63) is 17.5 Å². The fraction of sp³-hybridized carbons (Fsp3) is 0.600. The predicted octanol–water partition coefficient (Wildman–Crippen LogP) is 0.930. The van der Waals surface area contributed by atoms with E-state index in [1.54, 1.807) is 6.07 Å². The van der Waals surface area contributed by atoms with Crippen LogP contribution in [0.5, 0.6) is 0 Å². The van der Waals surface area contributed by atoms with Gasteiger partial charge >= 0.3 is 0 Å². The highest BCUT2D eigenvalue weighted by Gasteiger charge is 2.23. The van der Waals surface area contributed by atoms with Crippen LogP contribution < -0.4 is 5.73 Å². The van der Waals surface area contributed by atoms with Gasteiger partial charge in [-0.1, -0.05) is 5.16 Å². The smallest absolute Gasteiger partial charge is 0.270 e. The molecule has 1 unspecified atom stereocenters. The molecule has 0 aliphatic carbocycles. The third-order valence-corrected chi connectivity index (χ3v) is 2.88. The highest BCUT2D eigenvalue weighted by atomic mass is 16.5. The van der Waals surface area contributed by atoms with Gasteiger partial charge in [0.05, 0.1) is 6.04 Å². The number of nitrogens with two attached hydrogens (primary N) is 1. The summed E-state index contributed by atoms with van der Waals surface area (Å²) in [5, 5.41) is 3.63. The molecule has 2 rings (SSSR count). The summed E-state index contributed by atoms with van der Waals surface area (Å²) in [6.07, 6.45) is 2.45. The lowest BCUT2D eigenvalue weighted by atomic mass is 10.2. The number of hydrogen-bond donors (Lipinski definition) is 1. The van der Waals surface area contributed by atoms with Crippen LogP contribution in [0, 0.1) is 0 Å². The Hall–Kier alpha value is -1.36. The fourth-order valence-corrected chi connectivity index (χ4v) is 1.91. The summed E-state index contributed by atoms with van der Waals surface area (Å²) in [6, 6.07) is 1.80. The highest BCUT2D eigenvalue weighted by molar-refractivity contribution is 5.90. The molecule has 5 heteroatoms. The Bertz CT molecular complexity index is 355. The average molecular weight is 209 g/mol. The molecule has 0 radical (unpaired) electrons. The van der Waals surface area contributed by atoms with Gasteiger partial charge in [-0.25, -0.2) is 0 Å². The van der Waals surface area contributed by atoms with Gasteiger partial charge in [0.1, 0.15) is 0 Å². The molecule has 0 saturated carbocycles. The molecular formula is C10H15N3O2. The van der Waals surface area contributed by atoms with Crippen molar-refractivity contribution in [2.45, 2.75) is 25.8 Å². The van der Waals surface area contributed by atoms with Gasteiger partial charge in [-0.2, -0.15) is 0 Å². The van der Waals surface area contributed by atoms with Crippen molar-refractivity contribution in [1.29, 1.82) is 0 Å². The number of carbonyl (C=O) groups excluding carboxylic acids is 1. The van der Waals surface area contributed by atoms with Crippen LogP contribution in [0.3, 0.4) is 0 Å². The molecule has 1 aromatic rings. The van der Waals surface area contributed by atoms with Crippen LogP contribution in [0.4, 0.5) is 0 Å². The maximum atomic E-state index is 10.8. The van der Waals surface area contributed by atoms with Crippen LogP contribution in [-0.2, 0) is 0 Å². The van der Waals surface area contributed by atoms with Gasteiger partial charge in [0.15, 0.2) is 11.5 Å². The van der Waals surface area contributed by atoms with Crippen molar-refractivity contribution >= 4 is 5.91 Å². The topological polar surface area (TPSA) is 72.4 Å². The molecule has 0 spiro atoms. The van der Waals surface area contributed by atoms with Crippen molar-refractivity contribution in [2.24, 2.45) is 5.73 Å². The Balaban J connectivity index is 2.10. The number of amides is 1. The number of aromatic nitrogens is 1. The van der Waals surface area contributed by atoms with Gasteiger partial charge in [-0.15, -0.1) is 0 Å². The minimum absolute atomic E-state index is 0.174. The van der Waals surface area contributed by atoms with Crippen LogP contribution in [0.25, 0.3) is 0 Å². The van der Waals surface area contributed by atoms with E-state index < -0.39 is 5.91 Å². The van der Waals surface area contributed by atoms with Crippen LogP contribution in [0.2, 0.25) is 0 Å². The van der Waals surface area contributed by atoms with Crippen LogP contribution in [0.1, 0.15) is 42.1 Å². The lowest BCUT2D eigenvalue weighted by molar-refractivity contribution is 0.0991. The minimum Gasteiger partial charge on any atom is -0.364 e. The number of primary amides is 1. The second kappa shape index (κ2) is 4.02. The lowest BCUT2D eigenvalue weighted by Gasteiger charge is -2.20. The van der Waals surface area contributed by atoms with E-state index in [4.69, 9.17) is 10.3 Å². The number of nitrogens with zero attached hydrogens (tertiary/aromatic N) is 2. The van der Waals surface area contributed by atoms with Crippen LogP contribution in [0.15, 0.2) is 10.6 Å². The zero-order chi connectivity index (χ0) is 10.8. The van der Waals surface area contributed by atoms with Crippen molar-refractivity contribution in [3.63, 3.8) is 0 Å². The van der Waals surface area contributed by atoms with Gasteiger partial charge in [0.2, 0.25) is 0 Å². The minimum atomic E-state index is -0.543. The van der Waals surface area contributed by atoms with Crippen LogP contribution in [-0.4, -0.2) is 29.1 Å². The molecule has 1 fully saturated rings. The van der Waals surface area contributed by atoms with Gasteiger partial charge in [0.25, 0.3) is 5.91 Å². The number of rotatable bonds is 3. The van der Waals surface area contributed by atoms with E-state index in [0.717, 1.165) is 13.1 Å². The standard InChI is InChI=1S/C10H15N3O2/c1-7(13-4-2-3-5-13)9-6-8(10(11)14)12-15-9/h6-7H,2-5H2,1H3,(H2,11,14). The zero-order valence-corrected chi connectivity index (χ0v) is 8.77. The Morgan fingerprint density at radius 2 is 2.27 bits per heavy atom. The highest BCUT2D eigenvalue weighted by Crippen LogP contribution is 2.24. The molecular weight excluding hydrogens is 194 g/mol. The molecule has 15 heavy (non-hydrogen) atoms. The Labute approximate surface area is 88.2 Å². The number of carbonyl (C=O) groups is 1. The maximum absolute atomic E-state index is 10.8. The second-order valence-electron chi connectivity index (χ2n) is 3.90. The van der Waals surface area contributed by atoms with E-state index in [9.17, 15) is 4.79 Å². The first-order valence-corrected chi connectivity index (χ1v) is 5.19. The summed E-state index contributed by atoms with van der Waals surface area (Å²) < 4.78 is 5.11. The van der Waals surface area contributed by atoms with Gasteiger partial charge in [-0.05, 0) is 32.9 Å². The second-order valence-corrected chi connectivity index (χ2v) is 3.90. The Morgan fingerprint density at radius 1 is 1.60 bits per heavy atom. The average Bonchev–Trinajstić information content (AvgIpc) is 2.88. The van der Waals surface area contributed by atoms with Gasteiger partial charge in [0, 0.05) is 6.07 Å². The largest absolute Gasteiger partial charge is 0.364 e. The molecule has 1 aromatic heterocycles. The molecule has 1 aliphatic heterocycles. The predicted molar refractivity (Wildman–Crippen MR) is 54.2 cm³/mol. The summed E-state index contributed by atoms with van der Waals surface area (Å²) in [5.41, 5.74) is 5.31. The van der Waals surface area contributed by atoms with E-state index in [1.165, 1.54) is 12.8 Å². The van der Waals surface area contributed by atoms with Crippen molar-refractivity contribution in [1.82, 2.24) is 10.1 Å². The first-order valence-electron chi connectivity index (χ1n) is 5.19. The third-order valence-electron chi connectivity index (χ3n) is 2.88. The van der Waals surface area contributed by atoms with Crippen molar-refractivity contribution in [2.75, 3.05) is 13.1 Å². The van der Waals surface area contributed by atoms with Crippen molar-refractivity contribution < 1.29 is 9.32 Å². The molecule has 1 amide bonds. The monoisotopic (exact) mass is 209 g/mol. The Kier molecular flexibility index (Phi) is 2.73. The molecule has 1 atom stereocenters.